The Hall–Kier alpha value is -7.51. The van der Waals surface area contributed by atoms with Crippen molar-refractivity contribution >= 4 is 68.3 Å². The fraction of sp³-hybridized carbons (Fsp3) is 0.310. The molecule has 0 saturated heterocycles. The van der Waals surface area contributed by atoms with Gasteiger partial charge in [0.05, 0.1) is 39.5 Å². The first-order valence-electron chi connectivity index (χ1n) is 28.4. The van der Waals surface area contributed by atoms with Crippen molar-refractivity contribution in [3.63, 3.8) is 0 Å². The number of para-hydroxylation sites is 3. The Kier molecular flexibility index (Phi) is 10.9. The SMILES string of the molecule is CC(C)c1cccc(C(C)C)c1-n1c(-c2ccc(-c3cc4c5c(c3)N3c6ccc(C(C)(C)C)cc6Oc6cc(C(C)(C)C)cc(c63)B5c3cc(C(C)(C)C)cc5c3N4c3ccc(C(C)(C)C)cc3O5)cc2)nc2ccccc21. The molecule has 0 radical (unpaired) electrons. The zero-order valence-corrected chi connectivity index (χ0v) is 48.6. The third-order valence-corrected chi connectivity index (χ3v) is 17.1. The summed E-state index contributed by atoms with van der Waals surface area (Å²) in [5.41, 5.74) is 24.2. The molecule has 1 aromatic heterocycles. The summed E-state index contributed by atoms with van der Waals surface area (Å²) in [5, 5.41) is 0. The second kappa shape index (κ2) is 17.0. The maximum Gasteiger partial charge on any atom is 0.252 e. The molecule has 0 aliphatic carbocycles. The number of aromatic nitrogens is 2. The average Bonchev–Trinajstić information content (AvgIpc) is 3.36. The van der Waals surface area contributed by atoms with E-state index in [0.29, 0.717) is 11.8 Å². The van der Waals surface area contributed by atoms with Gasteiger partial charge in [-0.2, -0.15) is 0 Å². The zero-order chi connectivity index (χ0) is 54.9. The number of imidazole rings is 1. The molecule has 0 unspecified atom stereocenters. The number of rotatable bonds is 5. The minimum absolute atomic E-state index is 0.0729. The standard InChI is InChI=1S/C71H73BN4O2/c1-40(2)49-20-19-21-50(41(3)4)64(49)76-54-23-18-17-22-53(54)73-67(76)43-26-24-42(25-27-43)44-32-57-63-58(33-44)75-56-31-29-46(69(8,9)10)37-60(56)78-62-39-48(71(14,15)16)35-52(66(62)75)72(63)51-34-47(70(11,12)13)38-61-65(51)74(57)55-30-28-45(68(5,6)7)36-59(55)77-61/h17-41H,1-16H3. The molecule has 392 valence electrons. The monoisotopic (exact) mass is 1020 g/mol. The molecule has 0 amide bonds. The fourth-order valence-corrected chi connectivity index (χ4v) is 12.6. The molecule has 0 bridgehead atoms. The van der Waals surface area contributed by atoms with Crippen molar-refractivity contribution in [2.75, 3.05) is 9.80 Å². The molecule has 4 aliphatic heterocycles. The summed E-state index contributed by atoms with van der Waals surface area (Å²) in [7, 11) is 0. The summed E-state index contributed by atoms with van der Waals surface area (Å²) in [4.78, 5) is 10.5. The lowest BCUT2D eigenvalue weighted by Gasteiger charge is -2.48. The molecule has 0 atom stereocenters. The lowest BCUT2D eigenvalue weighted by atomic mass is 9.33. The third-order valence-electron chi connectivity index (χ3n) is 17.1. The van der Waals surface area contributed by atoms with Gasteiger partial charge in [-0.15, -0.1) is 0 Å². The van der Waals surface area contributed by atoms with Crippen LogP contribution in [-0.2, 0) is 21.7 Å². The van der Waals surface area contributed by atoms with Gasteiger partial charge in [-0.3, -0.25) is 4.57 Å². The van der Waals surface area contributed by atoms with E-state index in [9.17, 15) is 0 Å². The molecular weight excluding hydrogens is 952 g/mol. The van der Waals surface area contributed by atoms with Crippen molar-refractivity contribution in [2.45, 2.75) is 144 Å². The van der Waals surface area contributed by atoms with Crippen LogP contribution in [0.25, 0.3) is 39.2 Å². The molecule has 4 aliphatic rings. The number of benzene rings is 8. The summed E-state index contributed by atoms with van der Waals surface area (Å²) in [6.07, 6.45) is 0. The van der Waals surface area contributed by atoms with Crippen molar-refractivity contribution in [3.8, 4) is 51.2 Å². The van der Waals surface area contributed by atoms with Crippen molar-refractivity contribution in [1.82, 2.24) is 9.55 Å². The maximum atomic E-state index is 7.27. The van der Waals surface area contributed by atoms with Crippen LogP contribution in [0, 0.1) is 0 Å². The third kappa shape index (κ3) is 7.69. The van der Waals surface area contributed by atoms with Gasteiger partial charge in [-0.05, 0) is 155 Å². The van der Waals surface area contributed by atoms with Crippen LogP contribution < -0.4 is 35.7 Å². The second-order valence-electron chi connectivity index (χ2n) is 27.4. The van der Waals surface area contributed by atoms with Crippen LogP contribution in [0.4, 0.5) is 34.1 Å². The Bertz CT molecular complexity index is 3790. The number of hydrogen-bond acceptors (Lipinski definition) is 5. The first-order chi connectivity index (χ1) is 36.8. The van der Waals surface area contributed by atoms with Crippen LogP contribution in [0.3, 0.4) is 0 Å². The molecule has 0 fully saturated rings. The molecule has 5 heterocycles. The van der Waals surface area contributed by atoms with E-state index in [1.807, 2.05) is 0 Å². The van der Waals surface area contributed by atoms with Gasteiger partial charge in [0.15, 0.2) is 23.0 Å². The van der Waals surface area contributed by atoms with E-state index in [-0.39, 0.29) is 28.4 Å². The number of nitrogens with zero attached hydrogens (tertiary/aromatic N) is 4. The summed E-state index contributed by atoms with van der Waals surface area (Å²) >= 11 is 0. The topological polar surface area (TPSA) is 42.8 Å². The van der Waals surface area contributed by atoms with E-state index in [0.717, 1.165) is 90.7 Å². The average molecular weight is 1030 g/mol. The number of anilines is 6. The van der Waals surface area contributed by atoms with Gasteiger partial charge in [0, 0.05) is 16.9 Å². The van der Waals surface area contributed by atoms with Crippen LogP contribution in [-0.4, -0.2) is 16.3 Å². The van der Waals surface area contributed by atoms with Crippen LogP contribution in [0.15, 0.2) is 140 Å². The highest BCUT2D eigenvalue weighted by atomic mass is 16.5. The molecule has 7 heteroatoms. The highest BCUT2D eigenvalue weighted by Gasteiger charge is 2.49. The minimum Gasteiger partial charge on any atom is -0.453 e. The van der Waals surface area contributed by atoms with E-state index in [1.165, 1.54) is 55.5 Å². The second-order valence-corrected chi connectivity index (χ2v) is 27.4. The van der Waals surface area contributed by atoms with Crippen LogP contribution in [0.5, 0.6) is 23.0 Å². The van der Waals surface area contributed by atoms with Gasteiger partial charge in [-0.1, -0.05) is 190 Å². The van der Waals surface area contributed by atoms with Crippen molar-refractivity contribution in [2.24, 2.45) is 0 Å². The summed E-state index contributed by atoms with van der Waals surface area (Å²) in [6.45, 7) is 36.7. The van der Waals surface area contributed by atoms with Crippen LogP contribution >= 0.6 is 0 Å². The van der Waals surface area contributed by atoms with Crippen LogP contribution in [0.2, 0.25) is 0 Å². The van der Waals surface area contributed by atoms with E-state index in [4.69, 9.17) is 14.5 Å². The Balaban J connectivity index is 1.09. The Morgan fingerprint density at radius 2 is 0.859 bits per heavy atom. The largest absolute Gasteiger partial charge is 0.453 e. The predicted molar refractivity (Wildman–Crippen MR) is 329 cm³/mol. The first-order valence-corrected chi connectivity index (χ1v) is 28.4. The first kappa shape index (κ1) is 50.0. The molecule has 6 nitrogen and oxygen atoms in total. The van der Waals surface area contributed by atoms with Crippen LogP contribution in [0.1, 0.15) is 156 Å². The van der Waals surface area contributed by atoms with E-state index in [1.54, 1.807) is 0 Å². The molecular formula is C71H73BN4O2. The van der Waals surface area contributed by atoms with Gasteiger partial charge in [0.2, 0.25) is 0 Å². The van der Waals surface area contributed by atoms with Gasteiger partial charge in [-0.25, -0.2) is 4.98 Å². The predicted octanol–water partition coefficient (Wildman–Crippen LogP) is 18.1. The maximum absolute atomic E-state index is 7.27. The van der Waals surface area contributed by atoms with E-state index in [2.05, 4.69) is 265 Å². The molecule has 78 heavy (non-hydrogen) atoms. The van der Waals surface area contributed by atoms with Crippen molar-refractivity contribution in [1.29, 1.82) is 0 Å². The molecule has 13 rings (SSSR count). The lowest BCUT2D eigenvalue weighted by Crippen LogP contribution is -2.62. The molecule has 0 saturated carbocycles. The smallest absolute Gasteiger partial charge is 0.252 e. The van der Waals surface area contributed by atoms with E-state index >= 15 is 0 Å². The Morgan fingerprint density at radius 3 is 1.32 bits per heavy atom. The number of fused-ring (bicyclic) bond motifs is 9. The molecule has 0 spiro atoms. The normalized spacial score (nSPS) is 14.3. The number of hydrogen-bond donors (Lipinski definition) is 0. The minimum atomic E-state index is -0.148. The van der Waals surface area contributed by atoms with Crippen molar-refractivity contribution in [3.05, 3.63) is 173 Å². The van der Waals surface area contributed by atoms with Gasteiger partial charge >= 0.3 is 0 Å². The quantitative estimate of drug-likeness (QED) is 0.161. The van der Waals surface area contributed by atoms with Gasteiger partial charge in [0.25, 0.3) is 6.71 Å². The lowest BCUT2D eigenvalue weighted by molar-refractivity contribution is 0.469. The summed E-state index contributed by atoms with van der Waals surface area (Å²) < 4.78 is 17.0. The Morgan fingerprint density at radius 1 is 0.410 bits per heavy atom. The molecule has 9 aromatic rings. The summed E-state index contributed by atoms with van der Waals surface area (Å²) in [6, 6.07) is 52.9. The van der Waals surface area contributed by atoms with E-state index < -0.39 is 0 Å². The Labute approximate surface area is 463 Å². The highest BCUT2D eigenvalue weighted by Crippen LogP contribution is 2.58. The van der Waals surface area contributed by atoms with Crippen molar-refractivity contribution < 1.29 is 9.47 Å². The molecule has 8 aromatic carbocycles. The fourth-order valence-electron chi connectivity index (χ4n) is 12.6. The molecule has 0 N–H and O–H groups in total. The highest BCUT2D eigenvalue weighted by molar-refractivity contribution is 7.00. The van der Waals surface area contributed by atoms with Gasteiger partial charge in [0.1, 0.15) is 5.82 Å². The van der Waals surface area contributed by atoms with Gasteiger partial charge < -0.3 is 19.3 Å². The summed E-state index contributed by atoms with van der Waals surface area (Å²) in [5.74, 6) is 5.11. The zero-order valence-electron chi connectivity index (χ0n) is 48.6. The number of ether oxygens (including phenoxy) is 2.